The number of amides is 1. The van der Waals surface area contributed by atoms with Crippen molar-refractivity contribution in [2.45, 2.75) is 11.4 Å². The zero-order chi connectivity index (χ0) is 15.5. The molecule has 0 aliphatic heterocycles. The highest BCUT2D eigenvalue weighted by Gasteiger charge is 2.25. The summed E-state index contributed by atoms with van der Waals surface area (Å²) in [5.74, 6) is -0.314. The Balaban J connectivity index is 3.07. The summed E-state index contributed by atoms with van der Waals surface area (Å²) < 4.78 is 25.7. The van der Waals surface area contributed by atoms with Crippen molar-refractivity contribution in [2.24, 2.45) is 5.73 Å². The van der Waals surface area contributed by atoms with Gasteiger partial charge in [0.25, 0.3) is 0 Å². The quantitative estimate of drug-likeness (QED) is 0.857. The van der Waals surface area contributed by atoms with E-state index < -0.39 is 10.0 Å². The second kappa shape index (κ2) is 6.53. The molecule has 0 saturated heterocycles. The molecule has 0 aromatic heterocycles. The second-order valence-corrected chi connectivity index (χ2v) is 6.94. The SMILES string of the molecule is CN(C)C(=O)CN(C)S(=O)(=O)c1ccc(CN)cc1Cl. The zero-order valence-corrected chi connectivity index (χ0v) is 13.2. The van der Waals surface area contributed by atoms with Crippen LogP contribution in [-0.2, 0) is 21.4 Å². The van der Waals surface area contributed by atoms with Gasteiger partial charge in [0.15, 0.2) is 0 Å². The first-order chi connectivity index (χ1) is 9.20. The average molecular weight is 320 g/mol. The van der Waals surface area contributed by atoms with E-state index in [1.807, 2.05) is 0 Å². The van der Waals surface area contributed by atoms with Gasteiger partial charge in [-0.25, -0.2) is 8.42 Å². The number of nitrogens with two attached hydrogens (primary N) is 1. The Kier molecular flexibility index (Phi) is 5.52. The molecule has 0 aliphatic rings. The molecule has 8 heteroatoms. The predicted octanol–water partition coefficient (Wildman–Crippen LogP) is 0.507. The van der Waals surface area contributed by atoms with Crippen LogP contribution in [0.25, 0.3) is 0 Å². The molecule has 0 radical (unpaired) electrons. The summed E-state index contributed by atoms with van der Waals surface area (Å²) in [6.45, 7) is 0.0271. The van der Waals surface area contributed by atoms with E-state index in [2.05, 4.69) is 0 Å². The molecule has 0 bridgehead atoms. The Bertz CT molecular complexity index is 602. The van der Waals surface area contributed by atoms with Crippen LogP contribution in [-0.4, -0.2) is 51.2 Å². The van der Waals surface area contributed by atoms with Gasteiger partial charge in [-0.1, -0.05) is 17.7 Å². The molecule has 6 nitrogen and oxygen atoms in total. The van der Waals surface area contributed by atoms with Gasteiger partial charge >= 0.3 is 0 Å². The van der Waals surface area contributed by atoms with Crippen molar-refractivity contribution in [3.8, 4) is 0 Å². The van der Waals surface area contributed by atoms with E-state index in [9.17, 15) is 13.2 Å². The van der Waals surface area contributed by atoms with Crippen LogP contribution in [0.15, 0.2) is 23.1 Å². The van der Waals surface area contributed by atoms with Crippen LogP contribution in [0.5, 0.6) is 0 Å². The molecule has 1 aromatic rings. The highest BCUT2D eigenvalue weighted by molar-refractivity contribution is 7.89. The van der Waals surface area contributed by atoms with Crippen LogP contribution < -0.4 is 5.73 Å². The molecule has 0 fully saturated rings. The fraction of sp³-hybridized carbons (Fsp3) is 0.417. The Hall–Kier alpha value is -1.15. The van der Waals surface area contributed by atoms with E-state index in [4.69, 9.17) is 17.3 Å². The molecule has 1 amide bonds. The highest BCUT2D eigenvalue weighted by Crippen LogP contribution is 2.25. The molecule has 2 N–H and O–H groups in total. The van der Waals surface area contributed by atoms with Crippen molar-refractivity contribution in [1.29, 1.82) is 0 Å². The van der Waals surface area contributed by atoms with Crippen LogP contribution in [0.3, 0.4) is 0 Å². The van der Waals surface area contributed by atoms with Crippen molar-refractivity contribution < 1.29 is 13.2 Å². The van der Waals surface area contributed by atoms with Crippen LogP contribution in [0.1, 0.15) is 5.56 Å². The third-order valence-corrected chi connectivity index (χ3v) is 5.06. The predicted molar refractivity (Wildman–Crippen MR) is 77.9 cm³/mol. The number of carbonyl (C=O) groups is 1. The number of carbonyl (C=O) groups excluding carboxylic acids is 1. The molecule has 1 rings (SSSR count). The number of benzene rings is 1. The molecule has 112 valence electrons. The van der Waals surface area contributed by atoms with Gasteiger partial charge in [-0.15, -0.1) is 0 Å². The molecule has 0 aliphatic carbocycles. The van der Waals surface area contributed by atoms with Gasteiger partial charge in [0.2, 0.25) is 15.9 Å². The fourth-order valence-electron chi connectivity index (χ4n) is 1.47. The Labute approximate surface area is 124 Å². The van der Waals surface area contributed by atoms with Crippen molar-refractivity contribution in [1.82, 2.24) is 9.21 Å². The third kappa shape index (κ3) is 3.69. The lowest BCUT2D eigenvalue weighted by atomic mass is 10.2. The van der Waals surface area contributed by atoms with Gasteiger partial charge in [0, 0.05) is 27.7 Å². The molecule has 0 spiro atoms. The average Bonchev–Trinajstić information content (AvgIpc) is 2.37. The van der Waals surface area contributed by atoms with E-state index in [1.54, 1.807) is 20.2 Å². The molecule has 0 saturated carbocycles. The van der Waals surface area contributed by atoms with E-state index in [0.29, 0.717) is 0 Å². The number of likely N-dealkylation sites (N-methyl/N-ethyl adjacent to an activating group) is 2. The lowest BCUT2D eigenvalue weighted by Gasteiger charge is -2.19. The number of sulfonamides is 1. The van der Waals surface area contributed by atoms with Crippen LogP contribution >= 0.6 is 11.6 Å². The number of rotatable bonds is 5. The van der Waals surface area contributed by atoms with Crippen molar-refractivity contribution in [3.05, 3.63) is 28.8 Å². The molecule has 0 heterocycles. The summed E-state index contributed by atoms with van der Waals surface area (Å²) in [6, 6.07) is 4.51. The van der Waals surface area contributed by atoms with E-state index >= 15 is 0 Å². The molecule has 0 atom stereocenters. The largest absolute Gasteiger partial charge is 0.348 e. The lowest BCUT2D eigenvalue weighted by molar-refractivity contribution is -0.128. The Morgan fingerprint density at radius 1 is 1.30 bits per heavy atom. The first kappa shape index (κ1) is 16.9. The number of hydrogen-bond donors (Lipinski definition) is 1. The van der Waals surface area contributed by atoms with Gasteiger partial charge in [0.1, 0.15) is 4.90 Å². The van der Waals surface area contributed by atoms with Crippen LogP contribution in [0, 0.1) is 0 Å². The summed E-state index contributed by atoms with van der Waals surface area (Å²) in [5.41, 5.74) is 6.21. The molecule has 1 aromatic carbocycles. The topological polar surface area (TPSA) is 83.7 Å². The number of hydrogen-bond acceptors (Lipinski definition) is 4. The van der Waals surface area contributed by atoms with Crippen LogP contribution in [0.2, 0.25) is 5.02 Å². The monoisotopic (exact) mass is 319 g/mol. The summed E-state index contributed by atoms with van der Waals surface area (Å²) in [5, 5.41) is 0.0945. The van der Waals surface area contributed by atoms with Crippen molar-refractivity contribution >= 4 is 27.5 Å². The summed E-state index contributed by atoms with van der Waals surface area (Å²) in [4.78, 5) is 12.9. The van der Waals surface area contributed by atoms with Crippen molar-refractivity contribution in [3.63, 3.8) is 0 Å². The Morgan fingerprint density at radius 2 is 1.90 bits per heavy atom. The van der Waals surface area contributed by atoms with E-state index in [1.165, 1.54) is 24.1 Å². The normalized spacial score (nSPS) is 11.7. The van der Waals surface area contributed by atoms with Gasteiger partial charge in [-0.05, 0) is 17.7 Å². The van der Waals surface area contributed by atoms with E-state index in [0.717, 1.165) is 9.87 Å². The summed E-state index contributed by atoms with van der Waals surface area (Å²) in [7, 11) is 0.650. The lowest BCUT2D eigenvalue weighted by Crippen LogP contribution is -2.37. The minimum Gasteiger partial charge on any atom is -0.348 e. The third-order valence-electron chi connectivity index (χ3n) is 2.78. The molecular weight excluding hydrogens is 302 g/mol. The molecule has 20 heavy (non-hydrogen) atoms. The van der Waals surface area contributed by atoms with Gasteiger partial charge in [-0.2, -0.15) is 4.31 Å². The van der Waals surface area contributed by atoms with Gasteiger partial charge in [-0.3, -0.25) is 4.79 Å². The molecule has 0 unspecified atom stereocenters. The fourth-order valence-corrected chi connectivity index (χ4v) is 3.12. The first-order valence-electron chi connectivity index (χ1n) is 5.85. The Morgan fingerprint density at radius 3 is 2.35 bits per heavy atom. The maximum atomic E-state index is 12.4. The first-order valence-corrected chi connectivity index (χ1v) is 7.67. The highest BCUT2D eigenvalue weighted by atomic mass is 35.5. The standard InChI is InChI=1S/C12H18ClN3O3S/c1-15(2)12(17)8-16(3)20(18,19)11-5-4-9(7-14)6-10(11)13/h4-6H,7-8,14H2,1-3H3. The van der Waals surface area contributed by atoms with Gasteiger partial charge < -0.3 is 10.6 Å². The smallest absolute Gasteiger partial charge is 0.244 e. The maximum absolute atomic E-state index is 12.4. The summed E-state index contributed by atoms with van der Waals surface area (Å²) in [6.07, 6.45) is 0. The van der Waals surface area contributed by atoms with Crippen LogP contribution in [0.4, 0.5) is 0 Å². The number of halogens is 1. The zero-order valence-electron chi connectivity index (χ0n) is 11.6. The minimum atomic E-state index is -3.81. The minimum absolute atomic E-state index is 0.0366. The molecular formula is C12H18ClN3O3S. The maximum Gasteiger partial charge on any atom is 0.244 e. The summed E-state index contributed by atoms with van der Waals surface area (Å²) >= 11 is 5.98. The number of nitrogens with zero attached hydrogens (tertiary/aromatic N) is 2. The van der Waals surface area contributed by atoms with Gasteiger partial charge in [0.05, 0.1) is 11.6 Å². The van der Waals surface area contributed by atoms with E-state index in [-0.39, 0.29) is 28.9 Å². The van der Waals surface area contributed by atoms with Crippen molar-refractivity contribution in [2.75, 3.05) is 27.7 Å². The second-order valence-electron chi connectivity index (χ2n) is 4.52.